The number of benzene rings is 2. The first-order chi connectivity index (χ1) is 13.5. The highest BCUT2D eigenvalue weighted by molar-refractivity contribution is 9.10. The van der Waals surface area contributed by atoms with Gasteiger partial charge in [0.25, 0.3) is 5.91 Å². The van der Waals surface area contributed by atoms with E-state index in [0.717, 1.165) is 20.1 Å². The highest BCUT2D eigenvalue weighted by Gasteiger charge is 2.22. The van der Waals surface area contributed by atoms with Crippen LogP contribution in [0.25, 0.3) is 11.3 Å². The first-order valence-electron chi connectivity index (χ1n) is 8.54. The fourth-order valence-electron chi connectivity index (χ4n) is 2.75. The van der Waals surface area contributed by atoms with Crippen molar-refractivity contribution in [3.05, 3.63) is 74.8 Å². The molecular weight excluding hydrogens is 488 g/mol. The lowest BCUT2D eigenvalue weighted by molar-refractivity contribution is -0.122. The number of aromatic amines is 1. The molecule has 0 aliphatic heterocycles. The van der Waals surface area contributed by atoms with Crippen molar-refractivity contribution in [2.75, 3.05) is 7.05 Å². The Morgan fingerprint density at radius 2 is 1.79 bits per heavy atom. The summed E-state index contributed by atoms with van der Waals surface area (Å²) in [5, 5.41) is 12.3. The molecular formula is C20H18Br2N4O2. The maximum absolute atomic E-state index is 12.7. The summed E-state index contributed by atoms with van der Waals surface area (Å²) in [5.74, 6) is -0.655. The minimum absolute atomic E-state index is 0.264. The van der Waals surface area contributed by atoms with E-state index in [9.17, 15) is 9.59 Å². The van der Waals surface area contributed by atoms with Gasteiger partial charge in [-0.1, -0.05) is 56.1 Å². The van der Waals surface area contributed by atoms with Crippen LogP contribution in [0, 0.1) is 0 Å². The van der Waals surface area contributed by atoms with Crippen molar-refractivity contribution in [2.24, 2.45) is 0 Å². The predicted octanol–water partition coefficient (Wildman–Crippen LogP) is 3.69. The number of carbonyl (C=O) groups excluding carboxylic acids is 2. The lowest BCUT2D eigenvalue weighted by Gasteiger charge is -2.17. The molecule has 0 spiro atoms. The number of aromatic nitrogens is 2. The Labute approximate surface area is 179 Å². The lowest BCUT2D eigenvalue weighted by Crippen LogP contribution is -2.47. The number of carbonyl (C=O) groups is 2. The van der Waals surface area contributed by atoms with Crippen molar-refractivity contribution in [3.63, 3.8) is 0 Å². The quantitative estimate of drug-likeness (QED) is 0.477. The Balaban J connectivity index is 1.76. The van der Waals surface area contributed by atoms with Crippen LogP contribution >= 0.6 is 31.9 Å². The zero-order valence-corrected chi connectivity index (χ0v) is 18.2. The normalized spacial score (nSPS) is 11.7. The van der Waals surface area contributed by atoms with Crippen LogP contribution in [0.5, 0.6) is 0 Å². The maximum atomic E-state index is 12.7. The summed E-state index contributed by atoms with van der Waals surface area (Å²) >= 11 is 6.84. The van der Waals surface area contributed by atoms with E-state index in [1.807, 2.05) is 48.5 Å². The Morgan fingerprint density at radius 1 is 1.07 bits per heavy atom. The zero-order valence-electron chi connectivity index (χ0n) is 15.0. The number of likely N-dealkylation sites (N-methyl/N-ethyl adjacent to an activating group) is 1. The number of H-pyrrole nitrogens is 1. The molecule has 0 aliphatic rings. The standard InChI is InChI=1S/C20H18Br2N4O2/c1-23-19(27)17(9-12-4-2-6-14(21)8-12)24-20(28)18-11-16(25-26-18)13-5-3-7-15(22)10-13/h2-8,10-11,17H,9H2,1H3,(H,23,27)(H,24,28)(H,25,26)/t17-/m0/s1. The topological polar surface area (TPSA) is 86.9 Å². The minimum atomic E-state index is -0.704. The number of rotatable bonds is 6. The van der Waals surface area contributed by atoms with E-state index in [1.54, 1.807) is 13.1 Å². The van der Waals surface area contributed by atoms with Crippen LogP contribution in [-0.4, -0.2) is 35.1 Å². The smallest absolute Gasteiger partial charge is 0.269 e. The second-order valence-electron chi connectivity index (χ2n) is 6.15. The molecule has 0 aliphatic carbocycles. The fourth-order valence-corrected chi connectivity index (χ4v) is 3.60. The molecule has 3 rings (SSSR count). The van der Waals surface area contributed by atoms with Crippen molar-refractivity contribution in [1.29, 1.82) is 0 Å². The molecule has 2 aromatic carbocycles. The van der Waals surface area contributed by atoms with Crippen LogP contribution in [0.4, 0.5) is 0 Å². The van der Waals surface area contributed by atoms with E-state index in [-0.39, 0.29) is 11.6 Å². The average molecular weight is 506 g/mol. The Bertz CT molecular complexity index is 1000. The molecule has 0 radical (unpaired) electrons. The van der Waals surface area contributed by atoms with Crippen molar-refractivity contribution in [3.8, 4) is 11.3 Å². The van der Waals surface area contributed by atoms with Gasteiger partial charge in [-0.3, -0.25) is 14.7 Å². The molecule has 1 aromatic heterocycles. The van der Waals surface area contributed by atoms with Crippen molar-refractivity contribution in [2.45, 2.75) is 12.5 Å². The van der Waals surface area contributed by atoms with Gasteiger partial charge in [0.05, 0.1) is 5.69 Å². The molecule has 0 bridgehead atoms. The molecule has 0 fully saturated rings. The third-order valence-corrected chi connectivity index (χ3v) is 5.13. The summed E-state index contributed by atoms with van der Waals surface area (Å²) in [4.78, 5) is 24.9. The first kappa shape index (κ1) is 20.3. The number of nitrogens with one attached hydrogen (secondary N) is 3. The van der Waals surface area contributed by atoms with Crippen LogP contribution in [0.3, 0.4) is 0 Å². The number of halogens is 2. The van der Waals surface area contributed by atoms with Gasteiger partial charge in [-0.2, -0.15) is 5.10 Å². The Kier molecular flexibility index (Phi) is 6.64. The zero-order chi connectivity index (χ0) is 20.1. The summed E-state index contributed by atoms with van der Waals surface area (Å²) in [7, 11) is 1.55. The molecule has 2 amide bonds. The van der Waals surface area contributed by atoms with E-state index in [0.29, 0.717) is 12.1 Å². The first-order valence-corrected chi connectivity index (χ1v) is 10.1. The van der Waals surface area contributed by atoms with Crippen LogP contribution in [-0.2, 0) is 11.2 Å². The fraction of sp³-hybridized carbons (Fsp3) is 0.150. The van der Waals surface area contributed by atoms with Crippen LogP contribution in [0.15, 0.2) is 63.5 Å². The van der Waals surface area contributed by atoms with E-state index in [4.69, 9.17) is 0 Å². The molecule has 3 aromatic rings. The van der Waals surface area contributed by atoms with E-state index in [1.165, 1.54) is 0 Å². The molecule has 0 unspecified atom stereocenters. The molecule has 3 N–H and O–H groups in total. The summed E-state index contributed by atoms with van der Waals surface area (Å²) in [5.41, 5.74) is 2.75. The second kappa shape index (κ2) is 9.16. The van der Waals surface area contributed by atoms with Gasteiger partial charge in [-0.15, -0.1) is 0 Å². The molecule has 28 heavy (non-hydrogen) atoms. The van der Waals surface area contributed by atoms with Gasteiger partial charge in [-0.05, 0) is 35.9 Å². The van der Waals surface area contributed by atoms with E-state index in [2.05, 4.69) is 52.7 Å². The van der Waals surface area contributed by atoms with Crippen molar-refractivity contribution >= 4 is 43.7 Å². The van der Waals surface area contributed by atoms with Gasteiger partial charge in [0.15, 0.2) is 0 Å². The highest BCUT2D eigenvalue weighted by Crippen LogP contribution is 2.21. The monoisotopic (exact) mass is 504 g/mol. The van der Waals surface area contributed by atoms with Gasteiger partial charge >= 0.3 is 0 Å². The maximum Gasteiger partial charge on any atom is 0.269 e. The summed E-state index contributed by atoms with van der Waals surface area (Å²) in [6.45, 7) is 0. The molecule has 0 saturated heterocycles. The number of hydrogen-bond donors (Lipinski definition) is 3. The van der Waals surface area contributed by atoms with Gasteiger partial charge in [-0.25, -0.2) is 0 Å². The summed E-state index contributed by atoms with van der Waals surface area (Å²) in [6.07, 6.45) is 0.372. The number of amides is 2. The van der Waals surface area contributed by atoms with Gasteiger partial charge < -0.3 is 10.6 Å². The number of hydrogen-bond acceptors (Lipinski definition) is 3. The molecule has 8 heteroatoms. The third kappa shape index (κ3) is 5.08. The SMILES string of the molecule is CNC(=O)[C@H](Cc1cccc(Br)c1)NC(=O)c1cc(-c2cccc(Br)c2)n[nH]1. The van der Waals surface area contributed by atoms with Gasteiger partial charge in [0.2, 0.25) is 5.91 Å². The largest absolute Gasteiger partial charge is 0.357 e. The van der Waals surface area contributed by atoms with Gasteiger partial charge in [0.1, 0.15) is 11.7 Å². The predicted molar refractivity (Wildman–Crippen MR) is 115 cm³/mol. The molecule has 0 saturated carbocycles. The summed E-state index contributed by atoms with van der Waals surface area (Å²) in [6, 6.07) is 16.2. The molecule has 144 valence electrons. The van der Waals surface area contributed by atoms with Crippen molar-refractivity contribution < 1.29 is 9.59 Å². The van der Waals surface area contributed by atoms with Crippen LogP contribution < -0.4 is 10.6 Å². The number of nitrogens with zero attached hydrogens (tertiary/aromatic N) is 1. The highest BCUT2D eigenvalue weighted by atomic mass is 79.9. The van der Waals surface area contributed by atoms with Crippen LogP contribution in [0.2, 0.25) is 0 Å². The van der Waals surface area contributed by atoms with Crippen molar-refractivity contribution in [1.82, 2.24) is 20.8 Å². The molecule has 6 nitrogen and oxygen atoms in total. The van der Waals surface area contributed by atoms with E-state index >= 15 is 0 Å². The Hall–Kier alpha value is -2.45. The molecule has 1 heterocycles. The second-order valence-corrected chi connectivity index (χ2v) is 7.98. The Morgan fingerprint density at radius 3 is 2.46 bits per heavy atom. The van der Waals surface area contributed by atoms with Gasteiger partial charge in [0, 0.05) is 28.0 Å². The minimum Gasteiger partial charge on any atom is -0.357 e. The van der Waals surface area contributed by atoms with E-state index < -0.39 is 11.9 Å². The third-order valence-electron chi connectivity index (χ3n) is 4.14. The summed E-state index contributed by atoms with van der Waals surface area (Å²) < 4.78 is 1.84. The lowest BCUT2D eigenvalue weighted by atomic mass is 10.0. The molecule has 1 atom stereocenters. The average Bonchev–Trinajstić information content (AvgIpc) is 3.17. The van der Waals surface area contributed by atoms with Crippen LogP contribution in [0.1, 0.15) is 16.1 Å².